The van der Waals surface area contributed by atoms with Gasteiger partial charge in [-0.25, -0.2) is 0 Å². The Morgan fingerprint density at radius 1 is 1.05 bits per heavy atom. The fourth-order valence-electron chi connectivity index (χ4n) is 1.86. The maximum absolute atomic E-state index is 11.8. The van der Waals surface area contributed by atoms with Gasteiger partial charge in [-0.3, -0.25) is 4.79 Å². The summed E-state index contributed by atoms with van der Waals surface area (Å²) in [5, 5.41) is 9.89. The highest BCUT2D eigenvalue weighted by Crippen LogP contribution is 2.26. The van der Waals surface area contributed by atoms with Gasteiger partial charge in [-0.2, -0.15) is 9.71 Å². The molecule has 0 unspecified atom stereocenters. The first-order chi connectivity index (χ1) is 9.25. The van der Waals surface area contributed by atoms with Crippen molar-refractivity contribution in [2.24, 2.45) is 0 Å². The van der Waals surface area contributed by atoms with E-state index in [9.17, 15) is 10.0 Å². The Kier molecular flexibility index (Phi) is 2.64. The zero-order valence-corrected chi connectivity index (χ0v) is 9.85. The summed E-state index contributed by atoms with van der Waals surface area (Å²) >= 11 is 0. The van der Waals surface area contributed by atoms with Crippen molar-refractivity contribution in [2.75, 3.05) is 0 Å². The molecule has 1 heterocycles. The molecule has 0 aliphatic rings. The van der Waals surface area contributed by atoms with Crippen LogP contribution < -0.4 is 10.3 Å². The Labute approximate surface area is 108 Å². The lowest BCUT2D eigenvalue weighted by molar-refractivity contribution is 0.194. The van der Waals surface area contributed by atoms with Crippen LogP contribution in [0.3, 0.4) is 0 Å². The average Bonchev–Trinajstić information content (AvgIpc) is 2.44. The highest BCUT2D eigenvalue weighted by Gasteiger charge is 2.10. The van der Waals surface area contributed by atoms with Crippen molar-refractivity contribution < 1.29 is 9.94 Å². The zero-order valence-electron chi connectivity index (χ0n) is 9.85. The highest BCUT2D eigenvalue weighted by atomic mass is 16.5. The van der Waals surface area contributed by atoms with Gasteiger partial charge in [-0.05, 0) is 24.3 Å². The topological polar surface area (TPSA) is 64.4 Å². The van der Waals surface area contributed by atoms with Crippen molar-refractivity contribution in [3.05, 3.63) is 65.2 Å². The van der Waals surface area contributed by atoms with Gasteiger partial charge < -0.3 is 9.94 Å². The van der Waals surface area contributed by atoms with E-state index >= 15 is 0 Å². The molecule has 0 atom stereocenters. The van der Waals surface area contributed by atoms with Gasteiger partial charge in [-0.15, -0.1) is 0 Å². The number of benzene rings is 2. The summed E-state index contributed by atoms with van der Waals surface area (Å²) in [4.78, 5) is 15.4. The van der Waals surface area contributed by atoms with Gasteiger partial charge in [0.05, 0.1) is 5.52 Å². The molecule has 0 aliphatic carbocycles. The number of rotatable bonds is 2. The van der Waals surface area contributed by atoms with Crippen molar-refractivity contribution in [3.63, 3.8) is 0 Å². The Hall–Kier alpha value is -2.82. The van der Waals surface area contributed by atoms with Crippen LogP contribution in [0.1, 0.15) is 0 Å². The normalized spacial score (nSPS) is 10.5. The predicted molar refractivity (Wildman–Crippen MR) is 69.7 cm³/mol. The van der Waals surface area contributed by atoms with E-state index in [1.165, 1.54) is 0 Å². The third-order valence-electron chi connectivity index (χ3n) is 2.72. The second-order valence-corrected chi connectivity index (χ2v) is 3.96. The number of ether oxygens (including phenoxy) is 1. The molecule has 5 heteroatoms. The van der Waals surface area contributed by atoms with Crippen molar-refractivity contribution in [1.82, 2.24) is 9.71 Å². The molecule has 0 saturated carbocycles. The smallest absolute Gasteiger partial charge is 0.284 e. The molecule has 0 bridgehead atoms. The largest absolute Gasteiger partial charge is 0.456 e. The first-order valence-electron chi connectivity index (χ1n) is 5.68. The van der Waals surface area contributed by atoms with E-state index in [1.807, 2.05) is 18.2 Å². The van der Waals surface area contributed by atoms with Gasteiger partial charge >= 0.3 is 0 Å². The third-order valence-corrected chi connectivity index (χ3v) is 2.72. The van der Waals surface area contributed by atoms with Crippen LogP contribution in [-0.2, 0) is 0 Å². The van der Waals surface area contributed by atoms with Crippen LogP contribution in [0, 0.1) is 0 Å². The third kappa shape index (κ3) is 2.01. The molecule has 0 amide bonds. The number of aromatic nitrogens is 2. The summed E-state index contributed by atoms with van der Waals surface area (Å²) < 4.78 is 6.46. The minimum atomic E-state index is -0.438. The molecular weight excluding hydrogens is 244 g/mol. The fourth-order valence-corrected chi connectivity index (χ4v) is 1.86. The van der Waals surface area contributed by atoms with Crippen molar-refractivity contribution in [2.45, 2.75) is 0 Å². The molecule has 0 aliphatic heterocycles. The van der Waals surface area contributed by atoms with Crippen molar-refractivity contribution >= 4 is 10.9 Å². The lowest BCUT2D eigenvalue weighted by Crippen LogP contribution is -2.11. The Morgan fingerprint density at radius 3 is 2.63 bits per heavy atom. The number of hydrogen-bond donors (Lipinski definition) is 1. The number of fused-ring (bicyclic) bond motifs is 1. The molecule has 1 N–H and O–H groups in total. The summed E-state index contributed by atoms with van der Waals surface area (Å²) in [6, 6.07) is 14.1. The molecule has 0 fully saturated rings. The molecule has 2 aromatic carbocycles. The lowest BCUT2D eigenvalue weighted by atomic mass is 10.2. The maximum Gasteiger partial charge on any atom is 0.284 e. The van der Waals surface area contributed by atoms with Crippen molar-refractivity contribution in [1.29, 1.82) is 0 Å². The summed E-state index contributed by atoms with van der Waals surface area (Å²) in [6.45, 7) is 0. The standard InChI is InChI=1S/C14H10N2O3/c17-14-13-11(16(18)9-15-14)7-4-8-12(13)19-10-5-2-1-3-6-10/h1-9,18H. The quantitative estimate of drug-likeness (QED) is 0.713. The zero-order chi connectivity index (χ0) is 13.2. The number of nitrogens with zero attached hydrogens (tertiary/aromatic N) is 2. The van der Waals surface area contributed by atoms with Gasteiger partial charge in [0, 0.05) is 0 Å². The number of hydrogen-bond acceptors (Lipinski definition) is 4. The van der Waals surface area contributed by atoms with E-state index in [0.717, 1.165) is 11.1 Å². The second kappa shape index (κ2) is 4.45. The summed E-state index contributed by atoms with van der Waals surface area (Å²) in [5.74, 6) is 0.979. The molecular formula is C14H10N2O3. The minimum Gasteiger partial charge on any atom is -0.456 e. The second-order valence-electron chi connectivity index (χ2n) is 3.96. The fraction of sp³-hybridized carbons (Fsp3) is 0. The van der Waals surface area contributed by atoms with Crippen LogP contribution in [-0.4, -0.2) is 14.9 Å². The van der Waals surface area contributed by atoms with E-state index in [2.05, 4.69) is 4.98 Å². The molecule has 0 radical (unpaired) electrons. The molecule has 3 aromatic rings. The molecule has 1 aromatic heterocycles. The summed E-state index contributed by atoms with van der Waals surface area (Å²) in [7, 11) is 0. The van der Waals surface area contributed by atoms with Crippen LogP contribution in [0.5, 0.6) is 11.5 Å². The van der Waals surface area contributed by atoms with Gasteiger partial charge in [0.25, 0.3) is 5.56 Å². The summed E-state index contributed by atoms with van der Waals surface area (Å²) in [6.07, 6.45) is 1.07. The van der Waals surface area contributed by atoms with Crippen molar-refractivity contribution in [3.8, 4) is 11.5 Å². The van der Waals surface area contributed by atoms with E-state index in [0.29, 0.717) is 17.0 Å². The first-order valence-corrected chi connectivity index (χ1v) is 5.68. The van der Waals surface area contributed by atoms with Gasteiger partial charge in [0.1, 0.15) is 23.2 Å². The Morgan fingerprint density at radius 2 is 1.84 bits per heavy atom. The van der Waals surface area contributed by atoms with Crippen LogP contribution in [0.4, 0.5) is 0 Å². The predicted octanol–water partition coefficient (Wildman–Crippen LogP) is 2.43. The van der Waals surface area contributed by atoms with E-state index in [4.69, 9.17) is 4.74 Å². The number of para-hydroxylation sites is 1. The highest BCUT2D eigenvalue weighted by molar-refractivity contribution is 5.84. The van der Waals surface area contributed by atoms with E-state index in [-0.39, 0.29) is 5.39 Å². The molecule has 19 heavy (non-hydrogen) atoms. The Bertz CT molecular complexity index is 782. The van der Waals surface area contributed by atoms with E-state index in [1.54, 1.807) is 30.3 Å². The van der Waals surface area contributed by atoms with Gasteiger partial charge in [0.2, 0.25) is 0 Å². The SMILES string of the molecule is O=c1ncn(O)c2cccc(Oc3ccccc3)c12. The molecule has 94 valence electrons. The van der Waals surface area contributed by atoms with Gasteiger partial charge in [0.15, 0.2) is 0 Å². The minimum absolute atomic E-state index is 0.247. The first kappa shape index (κ1) is 11.3. The summed E-state index contributed by atoms with van der Waals surface area (Å²) in [5.41, 5.74) is -0.0831. The maximum atomic E-state index is 11.8. The van der Waals surface area contributed by atoms with Crippen LogP contribution in [0.25, 0.3) is 10.9 Å². The van der Waals surface area contributed by atoms with Gasteiger partial charge in [-0.1, -0.05) is 24.3 Å². The van der Waals surface area contributed by atoms with Crippen LogP contribution >= 0.6 is 0 Å². The van der Waals surface area contributed by atoms with Crippen LogP contribution in [0.15, 0.2) is 59.7 Å². The monoisotopic (exact) mass is 254 g/mol. The lowest BCUT2D eigenvalue weighted by Gasteiger charge is -2.09. The molecule has 5 nitrogen and oxygen atoms in total. The molecule has 0 spiro atoms. The molecule has 0 saturated heterocycles. The molecule has 3 rings (SSSR count). The van der Waals surface area contributed by atoms with E-state index < -0.39 is 5.56 Å². The Balaban J connectivity index is 2.20. The average molecular weight is 254 g/mol. The van der Waals surface area contributed by atoms with Crippen LogP contribution in [0.2, 0.25) is 0 Å².